The van der Waals surface area contributed by atoms with E-state index in [1.54, 1.807) is 0 Å². The van der Waals surface area contributed by atoms with Crippen LogP contribution in [0.4, 0.5) is 17.1 Å². The fraction of sp³-hybridized carbons (Fsp3) is 0.0400. The van der Waals surface area contributed by atoms with Crippen molar-refractivity contribution in [2.75, 3.05) is 4.90 Å². The topological polar surface area (TPSA) is 59.9 Å². The van der Waals surface area contributed by atoms with Crippen LogP contribution in [-0.2, 0) is 0 Å². The molecule has 3 aromatic carbocycles. The Labute approximate surface area is 169 Å². The Morgan fingerprint density at radius 3 is 1.83 bits per heavy atom. The summed E-state index contributed by atoms with van der Waals surface area (Å²) in [4.78, 5) is 17.0. The molecule has 0 amide bonds. The van der Waals surface area contributed by atoms with Gasteiger partial charge >= 0.3 is 0 Å². The van der Waals surface area contributed by atoms with Gasteiger partial charge in [0.2, 0.25) is 0 Å². The first-order valence-electron chi connectivity index (χ1n) is 9.32. The number of benzene rings is 3. The Kier molecular flexibility index (Phi) is 4.96. The van der Waals surface area contributed by atoms with Gasteiger partial charge in [0.25, 0.3) is 5.56 Å². The van der Waals surface area contributed by atoms with E-state index in [-0.39, 0.29) is 11.1 Å². The Balaban J connectivity index is 1.81. The average Bonchev–Trinajstić information content (AvgIpc) is 2.75. The largest absolute Gasteiger partial charge is 0.325 e. The summed E-state index contributed by atoms with van der Waals surface area (Å²) in [5.74, 6) is 0. The van der Waals surface area contributed by atoms with Crippen LogP contribution in [0.1, 0.15) is 11.3 Å². The van der Waals surface area contributed by atoms with Crippen LogP contribution in [0.3, 0.4) is 0 Å². The zero-order chi connectivity index (χ0) is 20.2. The molecule has 4 aromatic rings. The lowest BCUT2D eigenvalue weighted by Crippen LogP contribution is -2.13. The highest BCUT2D eigenvalue weighted by atomic mass is 16.1. The van der Waals surface area contributed by atoms with Gasteiger partial charge in [-0.25, -0.2) is 0 Å². The summed E-state index contributed by atoms with van der Waals surface area (Å²) in [6.45, 7) is 1.81. The van der Waals surface area contributed by atoms with E-state index in [0.717, 1.165) is 28.3 Å². The molecule has 0 saturated carbocycles. The second kappa shape index (κ2) is 7.87. The van der Waals surface area contributed by atoms with E-state index in [2.05, 4.69) is 34.1 Å². The molecule has 0 aliphatic heterocycles. The van der Waals surface area contributed by atoms with E-state index < -0.39 is 0 Å². The molecule has 0 saturated heterocycles. The molecule has 140 valence electrons. The zero-order valence-corrected chi connectivity index (χ0v) is 16.0. The van der Waals surface area contributed by atoms with E-state index in [9.17, 15) is 10.1 Å². The third-order valence-electron chi connectivity index (χ3n) is 4.75. The molecule has 4 nitrogen and oxygen atoms in total. The first-order chi connectivity index (χ1) is 14.2. The van der Waals surface area contributed by atoms with Gasteiger partial charge in [-0.15, -0.1) is 0 Å². The highest BCUT2D eigenvalue weighted by Crippen LogP contribution is 2.35. The minimum Gasteiger partial charge on any atom is -0.325 e. The van der Waals surface area contributed by atoms with Crippen molar-refractivity contribution in [3.63, 3.8) is 0 Å². The van der Waals surface area contributed by atoms with Gasteiger partial charge < -0.3 is 9.88 Å². The molecule has 4 heteroatoms. The molecule has 1 aromatic heterocycles. The number of para-hydroxylation sites is 2. The maximum absolute atomic E-state index is 12.1. The molecule has 1 heterocycles. The van der Waals surface area contributed by atoms with Gasteiger partial charge in [-0.05, 0) is 55.0 Å². The fourth-order valence-corrected chi connectivity index (χ4v) is 3.42. The van der Waals surface area contributed by atoms with E-state index in [0.29, 0.717) is 5.56 Å². The van der Waals surface area contributed by atoms with Crippen molar-refractivity contribution in [3.05, 3.63) is 113 Å². The molecular formula is C25H19N3O. The van der Waals surface area contributed by atoms with Crippen LogP contribution < -0.4 is 10.5 Å². The van der Waals surface area contributed by atoms with Gasteiger partial charge in [-0.3, -0.25) is 4.79 Å². The summed E-state index contributed by atoms with van der Waals surface area (Å²) in [5, 5.41) is 9.41. The number of nitriles is 1. The molecular weight excluding hydrogens is 358 g/mol. The normalized spacial score (nSPS) is 10.3. The smallest absolute Gasteiger partial charge is 0.266 e. The fourth-order valence-electron chi connectivity index (χ4n) is 3.42. The van der Waals surface area contributed by atoms with Gasteiger partial charge in [0.05, 0.1) is 0 Å². The molecule has 1 N–H and O–H groups in total. The second-order valence-electron chi connectivity index (χ2n) is 6.74. The number of aryl methyl sites for hydroxylation is 1. The highest BCUT2D eigenvalue weighted by Gasteiger charge is 2.14. The maximum atomic E-state index is 12.1. The Morgan fingerprint density at radius 2 is 1.31 bits per heavy atom. The molecule has 0 fully saturated rings. The summed E-state index contributed by atoms with van der Waals surface area (Å²) >= 11 is 0. The first-order valence-corrected chi connectivity index (χ1v) is 9.32. The van der Waals surface area contributed by atoms with Gasteiger partial charge in [-0.1, -0.05) is 48.5 Å². The number of nitrogens with zero attached hydrogens (tertiary/aromatic N) is 2. The van der Waals surface area contributed by atoms with Crippen molar-refractivity contribution in [2.24, 2.45) is 0 Å². The molecule has 0 spiro atoms. The molecule has 4 rings (SSSR count). The van der Waals surface area contributed by atoms with Gasteiger partial charge in [-0.2, -0.15) is 5.26 Å². The lowest BCUT2D eigenvalue weighted by Gasteiger charge is -2.25. The molecule has 29 heavy (non-hydrogen) atoms. The van der Waals surface area contributed by atoms with Crippen LogP contribution in [0.5, 0.6) is 0 Å². The van der Waals surface area contributed by atoms with Crippen molar-refractivity contribution in [2.45, 2.75) is 6.92 Å². The summed E-state index contributed by atoms with van der Waals surface area (Å²) in [6, 6.07) is 32.1. The molecule has 0 unspecified atom stereocenters. The zero-order valence-electron chi connectivity index (χ0n) is 16.0. The molecule has 0 bridgehead atoms. The predicted molar refractivity (Wildman–Crippen MR) is 117 cm³/mol. The third-order valence-corrected chi connectivity index (χ3v) is 4.75. The average molecular weight is 377 g/mol. The Bertz CT molecular complexity index is 1180. The highest BCUT2D eigenvalue weighted by molar-refractivity contribution is 5.79. The SMILES string of the molecule is Cc1cc(-c2ccc(N(c3ccccc3)c3ccccc3)cc2)c(C#N)c(=O)[nH]1. The maximum Gasteiger partial charge on any atom is 0.266 e. The minimum atomic E-state index is -0.359. The van der Waals surface area contributed by atoms with Crippen molar-refractivity contribution < 1.29 is 0 Å². The molecule has 0 radical (unpaired) electrons. The van der Waals surface area contributed by atoms with Crippen LogP contribution in [-0.4, -0.2) is 4.98 Å². The number of aromatic nitrogens is 1. The van der Waals surface area contributed by atoms with Crippen LogP contribution in [0.15, 0.2) is 95.8 Å². The predicted octanol–water partition coefficient (Wildman–Crippen LogP) is 5.69. The van der Waals surface area contributed by atoms with Gasteiger partial charge in [0.1, 0.15) is 11.6 Å². The number of anilines is 3. The number of pyridine rings is 1. The molecule has 0 aliphatic carbocycles. The van der Waals surface area contributed by atoms with Crippen molar-refractivity contribution in [1.29, 1.82) is 5.26 Å². The lowest BCUT2D eigenvalue weighted by molar-refractivity contribution is 1.13. The number of nitrogens with one attached hydrogen (secondary N) is 1. The van der Waals surface area contributed by atoms with Gasteiger partial charge in [0.15, 0.2) is 0 Å². The monoisotopic (exact) mass is 377 g/mol. The van der Waals surface area contributed by atoms with Crippen LogP contribution in [0, 0.1) is 18.3 Å². The minimum absolute atomic E-state index is 0.131. The summed E-state index contributed by atoms with van der Waals surface area (Å²) in [6.07, 6.45) is 0. The third kappa shape index (κ3) is 3.67. The number of rotatable bonds is 4. The summed E-state index contributed by atoms with van der Waals surface area (Å²) in [7, 11) is 0. The van der Waals surface area contributed by atoms with E-state index in [1.165, 1.54) is 0 Å². The van der Waals surface area contributed by atoms with Gasteiger partial charge in [0, 0.05) is 28.3 Å². The number of hydrogen-bond donors (Lipinski definition) is 1. The molecule has 0 atom stereocenters. The van der Waals surface area contributed by atoms with E-state index in [1.807, 2.05) is 79.7 Å². The van der Waals surface area contributed by atoms with Crippen molar-refractivity contribution in [3.8, 4) is 17.2 Å². The Hall–Kier alpha value is -4.10. The number of aromatic amines is 1. The second-order valence-corrected chi connectivity index (χ2v) is 6.74. The van der Waals surface area contributed by atoms with Crippen LogP contribution in [0.2, 0.25) is 0 Å². The van der Waals surface area contributed by atoms with Crippen molar-refractivity contribution in [1.82, 2.24) is 4.98 Å². The summed E-state index contributed by atoms with van der Waals surface area (Å²) < 4.78 is 0. The quantitative estimate of drug-likeness (QED) is 0.497. The lowest BCUT2D eigenvalue weighted by atomic mass is 10.0. The van der Waals surface area contributed by atoms with E-state index >= 15 is 0 Å². The first kappa shape index (κ1) is 18.3. The van der Waals surface area contributed by atoms with E-state index in [4.69, 9.17) is 0 Å². The van der Waals surface area contributed by atoms with Crippen LogP contribution in [0.25, 0.3) is 11.1 Å². The number of hydrogen-bond acceptors (Lipinski definition) is 3. The van der Waals surface area contributed by atoms with Crippen molar-refractivity contribution >= 4 is 17.1 Å². The summed E-state index contributed by atoms with van der Waals surface area (Å²) in [5.41, 5.74) is 5.07. The number of H-pyrrole nitrogens is 1. The standard InChI is InChI=1S/C25H19N3O/c1-18-16-23(24(17-26)25(29)27-18)19-12-14-22(15-13-19)28(20-8-4-2-5-9-20)21-10-6-3-7-11-21/h2-16H,1H3,(H,27,29). The Morgan fingerprint density at radius 1 is 0.793 bits per heavy atom. The van der Waals surface area contributed by atoms with Crippen LogP contribution >= 0.6 is 0 Å². The molecule has 0 aliphatic rings.